The number of pyridine rings is 1. The SMILES string of the molecule is CSc1cccc(CC(=O)N2CCc3c(cnc4[nH]ncc34)C2)c1. The highest BCUT2D eigenvalue weighted by Gasteiger charge is 2.23. The Kier molecular flexibility index (Phi) is 3.98. The number of nitrogens with zero attached hydrogens (tertiary/aromatic N) is 3. The van der Waals surface area contributed by atoms with Crippen LogP contribution in [0.4, 0.5) is 0 Å². The monoisotopic (exact) mass is 338 g/mol. The van der Waals surface area contributed by atoms with Gasteiger partial charge in [0, 0.05) is 29.6 Å². The molecule has 5 nitrogen and oxygen atoms in total. The number of rotatable bonds is 3. The van der Waals surface area contributed by atoms with E-state index < -0.39 is 0 Å². The number of aromatic nitrogens is 3. The summed E-state index contributed by atoms with van der Waals surface area (Å²) in [5, 5.41) is 8.05. The van der Waals surface area contributed by atoms with Gasteiger partial charge in [0.15, 0.2) is 5.65 Å². The second-order valence-electron chi connectivity index (χ2n) is 5.99. The fraction of sp³-hybridized carbons (Fsp3) is 0.278. The number of carbonyl (C=O) groups excluding carboxylic acids is 1. The molecule has 6 heteroatoms. The highest BCUT2D eigenvalue weighted by atomic mass is 32.2. The molecule has 0 saturated carbocycles. The van der Waals surface area contributed by atoms with Crippen molar-refractivity contribution in [3.63, 3.8) is 0 Å². The maximum atomic E-state index is 12.7. The third-order valence-electron chi connectivity index (χ3n) is 4.52. The van der Waals surface area contributed by atoms with E-state index >= 15 is 0 Å². The molecule has 1 amide bonds. The zero-order valence-corrected chi connectivity index (χ0v) is 14.3. The highest BCUT2D eigenvalue weighted by Crippen LogP contribution is 2.25. The molecule has 24 heavy (non-hydrogen) atoms. The summed E-state index contributed by atoms with van der Waals surface area (Å²) in [6, 6.07) is 8.19. The lowest BCUT2D eigenvalue weighted by Crippen LogP contribution is -2.37. The van der Waals surface area contributed by atoms with Gasteiger partial charge in [-0.15, -0.1) is 11.8 Å². The molecule has 1 N–H and O–H groups in total. The zero-order chi connectivity index (χ0) is 16.5. The van der Waals surface area contributed by atoms with Gasteiger partial charge in [-0.3, -0.25) is 9.89 Å². The van der Waals surface area contributed by atoms with Crippen molar-refractivity contribution in [3.8, 4) is 0 Å². The topological polar surface area (TPSA) is 61.9 Å². The first kappa shape index (κ1) is 15.2. The van der Waals surface area contributed by atoms with Crippen molar-refractivity contribution < 1.29 is 4.79 Å². The average molecular weight is 338 g/mol. The quantitative estimate of drug-likeness (QED) is 0.746. The maximum Gasteiger partial charge on any atom is 0.227 e. The molecule has 0 atom stereocenters. The number of hydrogen-bond donors (Lipinski definition) is 1. The summed E-state index contributed by atoms with van der Waals surface area (Å²) in [6.45, 7) is 1.38. The standard InChI is InChI=1S/C18H18N4OS/c1-24-14-4-2-3-12(7-14)8-17(23)22-6-5-15-13(11-22)9-19-18-16(15)10-20-21-18/h2-4,7,9-10H,5-6,8,11H2,1H3,(H,19,20,21). The smallest absolute Gasteiger partial charge is 0.227 e. The van der Waals surface area contributed by atoms with Crippen LogP contribution in [0.3, 0.4) is 0 Å². The number of carbonyl (C=O) groups is 1. The molecule has 0 unspecified atom stereocenters. The minimum absolute atomic E-state index is 0.172. The van der Waals surface area contributed by atoms with Gasteiger partial charge in [-0.05, 0) is 41.5 Å². The lowest BCUT2D eigenvalue weighted by molar-refractivity contribution is -0.131. The zero-order valence-electron chi connectivity index (χ0n) is 13.5. The van der Waals surface area contributed by atoms with Crippen molar-refractivity contribution in [2.24, 2.45) is 0 Å². The van der Waals surface area contributed by atoms with Gasteiger partial charge in [0.25, 0.3) is 0 Å². The van der Waals surface area contributed by atoms with Crippen molar-refractivity contribution in [1.29, 1.82) is 0 Å². The molecule has 3 heterocycles. The van der Waals surface area contributed by atoms with Crippen LogP contribution in [-0.4, -0.2) is 38.8 Å². The number of nitrogens with one attached hydrogen (secondary N) is 1. The summed E-state index contributed by atoms with van der Waals surface area (Å²) < 4.78 is 0. The molecule has 0 saturated heterocycles. The van der Waals surface area contributed by atoms with E-state index in [0.29, 0.717) is 13.0 Å². The second-order valence-corrected chi connectivity index (χ2v) is 6.87. The first-order valence-corrected chi connectivity index (χ1v) is 9.17. The summed E-state index contributed by atoms with van der Waals surface area (Å²) in [4.78, 5) is 20.2. The van der Waals surface area contributed by atoms with E-state index in [1.807, 2.05) is 35.7 Å². The molecule has 0 fully saturated rings. The third kappa shape index (κ3) is 2.78. The van der Waals surface area contributed by atoms with Crippen LogP contribution in [0.1, 0.15) is 16.7 Å². The molecular formula is C18H18N4OS. The Bertz CT molecular complexity index is 905. The lowest BCUT2D eigenvalue weighted by Gasteiger charge is -2.29. The number of amides is 1. The molecule has 0 aliphatic carbocycles. The summed E-state index contributed by atoms with van der Waals surface area (Å²) in [5.74, 6) is 0.172. The van der Waals surface area contributed by atoms with Crippen LogP contribution in [0.25, 0.3) is 11.0 Å². The van der Waals surface area contributed by atoms with Gasteiger partial charge in [0.05, 0.1) is 12.6 Å². The normalized spacial score (nSPS) is 14.0. The number of thioether (sulfide) groups is 1. The van der Waals surface area contributed by atoms with E-state index in [2.05, 4.69) is 27.3 Å². The number of H-pyrrole nitrogens is 1. The molecule has 1 aliphatic heterocycles. The fourth-order valence-corrected chi connectivity index (χ4v) is 3.72. The van der Waals surface area contributed by atoms with E-state index in [0.717, 1.165) is 35.1 Å². The number of fused-ring (bicyclic) bond motifs is 3. The molecule has 3 aromatic rings. The predicted molar refractivity (Wildman–Crippen MR) is 94.9 cm³/mol. The molecule has 4 rings (SSSR count). The molecule has 2 aromatic heterocycles. The van der Waals surface area contributed by atoms with Crippen LogP contribution in [-0.2, 0) is 24.2 Å². The Morgan fingerprint density at radius 3 is 3.17 bits per heavy atom. The van der Waals surface area contributed by atoms with E-state index in [-0.39, 0.29) is 5.91 Å². The van der Waals surface area contributed by atoms with Crippen LogP contribution in [0, 0.1) is 0 Å². The Morgan fingerprint density at radius 2 is 2.29 bits per heavy atom. The number of aromatic amines is 1. The molecule has 0 radical (unpaired) electrons. The summed E-state index contributed by atoms with van der Waals surface area (Å²) in [7, 11) is 0. The summed E-state index contributed by atoms with van der Waals surface area (Å²) >= 11 is 1.70. The highest BCUT2D eigenvalue weighted by molar-refractivity contribution is 7.98. The maximum absolute atomic E-state index is 12.7. The first-order chi connectivity index (χ1) is 11.7. The molecule has 0 spiro atoms. The molecule has 0 bridgehead atoms. The van der Waals surface area contributed by atoms with Gasteiger partial charge < -0.3 is 4.90 Å². The van der Waals surface area contributed by atoms with E-state index in [4.69, 9.17) is 0 Å². The van der Waals surface area contributed by atoms with E-state index in [9.17, 15) is 4.79 Å². The van der Waals surface area contributed by atoms with Crippen LogP contribution in [0.2, 0.25) is 0 Å². The first-order valence-electron chi connectivity index (χ1n) is 7.95. The second kappa shape index (κ2) is 6.28. The Balaban J connectivity index is 1.52. The van der Waals surface area contributed by atoms with Crippen molar-refractivity contribution in [2.75, 3.05) is 12.8 Å². The van der Waals surface area contributed by atoms with Crippen LogP contribution in [0.15, 0.2) is 41.6 Å². The Morgan fingerprint density at radius 1 is 1.38 bits per heavy atom. The van der Waals surface area contributed by atoms with Crippen LogP contribution >= 0.6 is 11.8 Å². The number of hydrogen-bond acceptors (Lipinski definition) is 4. The minimum atomic E-state index is 0.172. The van der Waals surface area contributed by atoms with Crippen molar-refractivity contribution in [2.45, 2.75) is 24.3 Å². The van der Waals surface area contributed by atoms with Crippen molar-refractivity contribution in [1.82, 2.24) is 20.1 Å². The van der Waals surface area contributed by atoms with Crippen LogP contribution < -0.4 is 0 Å². The summed E-state index contributed by atoms with van der Waals surface area (Å²) in [5.41, 5.74) is 4.28. The van der Waals surface area contributed by atoms with Crippen molar-refractivity contribution >= 4 is 28.7 Å². The van der Waals surface area contributed by atoms with Gasteiger partial charge in [0.2, 0.25) is 5.91 Å². The van der Waals surface area contributed by atoms with E-state index in [1.54, 1.807) is 11.8 Å². The molecule has 1 aliphatic rings. The van der Waals surface area contributed by atoms with Gasteiger partial charge in [-0.25, -0.2) is 4.98 Å². The van der Waals surface area contributed by atoms with Gasteiger partial charge >= 0.3 is 0 Å². The molecule has 122 valence electrons. The Labute approximate surface area is 144 Å². The third-order valence-corrected chi connectivity index (χ3v) is 5.24. The van der Waals surface area contributed by atoms with Crippen LogP contribution in [0.5, 0.6) is 0 Å². The minimum Gasteiger partial charge on any atom is -0.338 e. The predicted octanol–water partition coefficient (Wildman–Crippen LogP) is 2.81. The van der Waals surface area contributed by atoms with Crippen molar-refractivity contribution in [3.05, 3.63) is 53.3 Å². The van der Waals surface area contributed by atoms with Gasteiger partial charge in [0.1, 0.15) is 0 Å². The number of benzene rings is 1. The Hall–Kier alpha value is -2.34. The molecular weight excluding hydrogens is 320 g/mol. The molecule has 1 aromatic carbocycles. The van der Waals surface area contributed by atoms with Gasteiger partial charge in [-0.1, -0.05) is 12.1 Å². The fourth-order valence-electron chi connectivity index (χ4n) is 3.24. The summed E-state index contributed by atoms with van der Waals surface area (Å²) in [6.07, 6.45) is 7.04. The largest absolute Gasteiger partial charge is 0.338 e. The average Bonchev–Trinajstić information content (AvgIpc) is 3.10. The van der Waals surface area contributed by atoms with Gasteiger partial charge in [-0.2, -0.15) is 5.10 Å². The van der Waals surface area contributed by atoms with E-state index in [1.165, 1.54) is 10.5 Å². The lowest BCUT2D eigenvalue weighted by atomic mass is 9.98.